The molecule has 8 nitrogen and oxygen atoms in total. The van der Waals surface area contributed by atoms with E-state index in [-0.39, 0.29) is 36.4 Å². The third-order valence-electron chi connectivity index (χ3n) is 5.35. The highest BCUT2D eigenvalue weighted by Gasteiger charge is 2.30. The van der Waals surface area contributed by atoms with E-state index in [0.717, 1.165) is 4.90 Å². The zero-order valence-corrected chi connectivity index (χ0v) is 18.2. The summed E-state index contributed by atoms with van der Waals surface area (Å²) in [7, 11) is 0. The molecule has 4 aromatic rings. The van der Waals surface area contributed by atoms with Crippen molar-refractivity contribution in [1.29, 1.82) is 0 Å². The van der Waals surface area contributed by atoms with Gasteiger partial charge in [-0.3, -0.25) is 28.9 Å². The zero-order valence-electron chi connectivity index (χ0n) is 17.3. The number of carbonyl (C=O) groups is 3. The van der Waals surface area contributed by atoms with E-state index in [1.54, 1.807) is 53.5 Å². The number of hydrogen-bond donors (Lipinski definition) is 0. The molecule has 0 aliphatic carbocycles. The summed E-state index contributed by atoms with van der Waals surface area (Å²) in [5.74, 6) is -1.16. The lowest BCUT2D eigenvalue weighted by molar-refractivity contribution is -0.121. The van der Waals surface area contributed by atoms with Crippen LogP contribution in [0.2, 0.25) is 0 Å². The molecule has 1 saturated heterocycles. The second-order valence-corrected chi connectivity index (χ2v) is 8.51. The largest absolute Gasteiger partial charge is 0.282 e. The van der Waals surface area contributed by atoms with Gasteiger partial charge >= 0.3 is 0 Å². The molecule has 0 atom stereocenters. The Balaban J connectivity index is 1.45. The number of rotatable bonds is 6. The number of thiazole rings is 1. The van der Waals surface area contributed by atoms with Gasteiger partial charge < -0.3 is 0 Å². The molecule has 5 rings (SSSR count). The van der Waals surface area contributed by atoms with Crippen LogP contribution in [-0.4, -0.2) is 39.0 Å². The molecule has 1 aliphatic rings. The van der Waals surface area contributed by atoms with Crippen molar-refractivity contribution in [2.75, 3.05) is 16.3 Å². The van der Waals surface area contributed by atoms with Crippen LogP contribution in [0.1, 0.15) is 23.2 Å². The molecule has 2 aromatic carbocycles. The van der Waals surface area contributed by atoms with Crippen molar-refractivity contribution in [1.82, 2.24) is 14.8 Å². The number of halogens is 1. The fraction of sp³-hybridized carbons (Fsp3) is 0.174. The summed E-state index contributed by atoms with van der Waals surface area (Å²) in [6.45, 7) is 0.742. The summed E-state index contributed by atoms with van der Waals surface area (Å²) in [6, 6.07) is 12.5. The molecule has 2 aromatic heterocycles. The molecular formula is C23H18FN5O3S. The standard InChI is InChI=1S/C23H18FN5O3S/c24-16-4-7-18-19(14-16)33-23(26-18)28(13-12-27-11-1-10-25-27)22(32)15-2-5-17(6-3-15)29-20(30)8-9-21(29)31/h1-7,10-11,14H,8-9,12-13H2. The Bertz CT molecular complexity index is 1330. The molecule has 0 bridgehead atoms. The second kappa shape index (κ2) is 8.55. The van der Waals surface area contributed by atoms with Gasteiger partial charge in [-0.2, -0.15) is 5.10 Å². The number of amides is 3. The average molecular weight is 463 g/mol. The Morgan fingerprint density at radius 1 is 1.09 bits per heavy atom. The summed E-state index contributed by atoms with van der Waals surface area (Å²) in [5.41, 5.74) is 1.43. The number of aromatic nitrogens is 3. The van der Waals surface area contributed by atoms with E-state index in [1.807, 2.05) is 0 Å². The highest BCUT2D eigenvalue weighted by Crippen LogP contribution is 2.31. The monoisotopic (exact) mass is 463 g/mol. The van der Waals surface area contributed by atoms with Gasteiger partial charge in [0.2, 0.25) is 11.8 Å². The van der Waals surface area contributed by atoms with Crippen LogP contribution < -0.4 is 9.80 Å². The van der Waals surface area contributed by atoms with Gasteiger partial charge in [0.25, 0.3) is 5.91 Å². The molecule has 0 N–H and O–H groups in total. The van der Waals surface area contributed by atoms with Crippen molar-refractivity contribution < 1.29 is 18.8 Å². The number of imide groups is 1. The molecule has 1 aliphatic heterocycles. The highest BCUT2D eigenvalue weighted by atomic mass is 32.1. The van der Waals surface area contributed by atoms with Crippen molar-refractivity contribution in [3.05, 3.63) is 72.3 Å². The number of anilines is 2. The predicted molar refractivity (Wildman–Crippen MR) is 122 cm³/mol. The fourth-order valence-corrected chi connectivity index (χ4v) is 4.71. The number of nitrogens with zero attached hydrogens (tertiary/aromatic N) is 5. The molecule has 1 fully saturated rings. The SMILES string of the molecule is O=C(c1ccc(N2C(=O)CCC2=O)cc1)N(CCn1cccn1)c1nc2ccc(F)cc2s1. The number of benzene rings is 2. The van der Waals surface area contributed by atoms with E-state index in [2.05, 4.69) is 10.1 Å². The minimum Gasteiger partial charge on any atom is -0.282 e. The number of carbonyl (C=O) groups excluding carboxylic acids is 3. The van der Waals surface area contributed by atoms with Gasteiger partial charge in [-0.15, -0.1) is 0 Å². The van der Waals surface area contributed by atoms with E-state index >= 15 is 0 Å². The number of hydrogen-bond acceptors (Lipinski definition) is 6. The van der Waals surface area contributed by atoms with Gasteiger partial charge in [-0.05, 0) is 48.5 Å². The first-order chi connectivity index (χ1) is 16.0. The number of fused-ring (bicyclic) bond motifs is 1. The van der Waals surface area contributed by atoms with Crippen LogP contribution in [0, 0.1) is 5.82 Å². The van der Waals surface area contributed by atoms with Crippen molar-refractivity contribution >= 4 is 50.1 Å². The quantitative estimate of drug-likeness (QED) is 0.408. The minimum absolute atomic E-state index is 0.193. The topological polar surface area (TPSA) is 88.4 Å². The van der Waals surface area contributed by atoms with Gasteiger partial charge in [0, 0.05) is 37.3 Å². The van der Waals surface area contributed by atoms with Gasteiger partial charge in [0.1, 0.15) is 5.82 Å². The smallest absolute Gasteiger partial charge is 0.260 e. The maximum absolute atomic E-state index is 13.7. The van der Waals surface area contributed by atoms with Crippen LogP contribution in [0.15, 0.2) is 60.9 Å². The van der Waals surface area contributed by atoms with Crippen molar-refractivity contribution in [2.45, 2.75) is 19.4 Å². The molecule has 0 radical (unpaired) electrons. The summed E-state index contributed by atoms with van der Waals surface area (Å²) < 4.78 is 16.0. The van der Waals surface area contributed by atoms with E-state index in [1.165, 1.54) is 28.4 Å². The lowest BCUT2D eigenvalue weighted by Crippen LogP contribution is -2.34. The van der Waals surface area contributed by atoms with E-state index in [9.17, 15) is 18.8 Å². The van der Waals surface area contributed by atoms with Crippen LogP contribution in [0.4, 0.5) is 15.2 Å². The highest BCUT2D eigenvalue weighted by molar-refractivity contribution is 7.22. The Labute approximate surface area is 191 Å². The first kappa shape index (κ1) is 21.0. The van der Waals surface area contributed by atoms with E-state index < -0.39 is 0 Å². The average Bonchev–Trinajstić information content (AvgIpc) is 3.54. The second-order valence-electron chi connectivity index (χ2n) is 7.50. The van der Waals surface area contributed by atoms with Crippen LogP contribution in [-0.2, 0) is 16.1 Å². The normalized spacial score (nSPS) is 13.8. The third kappa shape index (κ3) is 4.12. The van der Waals surface area contributed by atoms with Crippen LogP contribution in [0.25, 0.3) is 10.2 Å². The molecule has 0 saturated carbocycles. The maximum Gasteiger partial charge on any atom is 0.260 e. The van der Waals surface area contributed by atoms with Gasteiger partial charge in [-0.1, -0.05) is 11.3 Å². The molecule has 33 heavy (non-hydrogen) atoms. The first-order valence-corrected chi connectivity index (χ1v) is 11.1. The van der Waals surface area contributed by atoms with E-state index in [4.69, 9.17) is 0 Å². The molecule has 166 valence electrons. The lowest BCUT2D eigenvalue weighted by atomic mass is 10.1. The summed E-state index contributed by atoms with van der Waals surface area (Å²) in [6.07, 6.45) is 3.85. The molecule has 0 spiro atoms. The van der Waals surface area contributed by atoms with Crippen LogP contribution >= 0.6 is 11.3 Å². The summed E-state index contributed by atoms with van der Waals surface area (Å²) >= 11 is 1.23. The summed E-state index contributed by atoms with van der Waals surface area (Å²) in [4.78, 5) is 44.6. The Hall–Kier alpha value is -3.92. The first-order valence-electron chi connectivity index (χ1n) is 10.3. The van der Waals surface area contributed by atoms with Crippen molar-refractivity contribution in [2.24, 2.45) is 0 Å². The Kier molecular flexibility index (Phi) is 5.43. The minimum atomic E-state index is -0.367. The van der Waals surface area contributed by atoms with Gasteiger partial charge in [-0.25, -0.2) is 9.37 Å². The molecule has 10 heteroatoms. The van der Waals surface area contributed by atoms with Crippen LogP contribution in [0.5, 0.6) is 0 Å². The Morgan fingerprint density at radius 3 is 2.55 bits per heavy atom. The summed E-state index contributed by atoms with van der Waals surface area (Å²) in [5, 5.41) is 4.63. The van der Waals surface area contributed by atoms with Crippen molar-refractivity contribution in [3.8, 4) is 0 Å². The Morgan fingerprint density at radius 2 is 1.85 bits per heavy atom. The van der Waals surface area contributed by atoms with Gasteiger partial charge in [0.05, 0.1) is 22.4 Å². The molecule has 3 amide bonds. The fourth-order valence-electron chi connectivity index (χ4n) is 3.69. The zero-order chi connectivity index (χ0) is 22.9. The van der Waals surface area contributed by atoms with Gasteiger partial charge in [0.15, 0.2) is 5.13 Å². The maximum atomic E-state index is 13.7. The molecule has 0 unspecified atom stereocenters. The molecular weight excluding hydrogens is 445 g/mol. The predicted octanol–water partition coefficient (Wildman–Crippen LogP) is 3.63. The molecule has 3 heterocycles. The van der Waals surface area contributed by atoms with Crippen molar-refractivity contribution in [3.63, 3.8) is 0 Å². The third-order valence-corrected chi connectivity index (χ3v) is 6.39. The lowest BCUT2D eigenvalue weighted by Gasteiger charge is -2.20. The van der Waals surface area contributed by atoms with Crippen LogP contribution in [0.3, 0.4) is 0 Å². The van der Waals surface area contributed by atoms with E-state index in [0.29, 0.717) is 39.7 Å².